The molecule has 0 bridgehead atoms. The molecule has 2 aromatic rings. The van der Waals surface area contributed by atoms with Crippen molar-refractivity contribution in [2.75, 3.05) is 5.12 Å². The van der Waals surface area contributed by atoms with Crippen LogP contribution in [0.3, 0.4) is 0 Å². The normalized spacial score (nSPS) is 18.1. The van der Waals surface area contributed by atoms with Crippen molar-refractivity contribution in [3.63, 3.8) is 0 Å². The van der Waals surface area contributed by atoms with Crippen LogP contribution in [0.4, 0.5) is 5.69 Å². The van der Waals surface area contributed by atoms with E-state index < -0.39 is 0 Å². The Morgan fingerprint density at radius 2 is 2.00 bits per heavy atom. The number of nitrogens with one attached hydrogen (secondary N) is 1. The maximum Gasteiger partial charge on any atom is 0.117 e. The van der Waals surface area contributed by atoms with E-state index in [1.54, 1.807) is 17.3 Å². The summed E-state index contributed by atoms with van der Waals surface area (Å²) in [6, 6.07) is 16.1. The molecule has 130 valence electrons. The van der Waals surface area contributed by atoms with Crippen LogP contribution in [-0.4, -0.2) is 16.9 Å². The summed E-state index contributed by atoms with van der Waals surface area (Å²) in [4.78, 5) is 0. The molecule has 0 radical (unpaired) electrons. The van der Waals surface area contributed by atoms with Crippen molar-refractivity contribution in [1.82, 2.24) is 5.43 Å². The molecule has 0 saturated carbocycles. The number of phenolic OH excluding ortho intramolecular Hbond substituents is 1. The third-order valence-electron chi connectivity index (χ3n) is 4.72. The number of phenols is 1. The van der Waals surface area contributed by atoms with E-state index in [-0.39, 0.29) is 17.7 Å². The summed E-state index contributed by atoms with van der Waals surface area (Å²) in [5, 5.41) is 16.3. The van der Waals surface area contributed by atoms with Gasteiger partial charge in [-0.05, 0) is 44.4 Å². The molecule has 0 saturated heterocycles. The lowest BCUT2D eigenvalue weighted by atomic mass is 9.86. The fourth-order valence-electron chi connectivity index (χ4n) is 3.08. The van der Waals surface area contributed by atoms with Gasteiger partial charge < -0.3 is 5.11 Å². The SMILES string of the molecule is C=C(C)C(Cc1ccc(O)cc1N1N=C(C)C(C)N1)c1ccccc1. The van der Waals surface area contributed by atoms with Gasteiger partial charge in [-0.1, -0.05) is 48.6 Å². The van der Waals surface area contributed by atoms with Gasteiger partial charge >= 0.3 is 0 Å². The molecule has 1 aliphatic heterocycles. The minimum absolute atomic E-state index is 0.182. The lowest BCUT2D eigenvalue weighted by Gasteiger charge is -2.23. The Morgan fingerprint density at radius 3 is 2.60 bits per heavy atom. The summed E-state index contributed by atoms with van der Waals surface area (Å²) in [6.45, 7) is 10.3. The van der Waals surface area contributed by atoms with Crippen LogP contribution in [0.1, 0.15) is 37.8 Å². The summed E-state index contributed by atoms with van der Waals surface area (Å²) in [6.07, 6.45) is 0.802. The van der Waals surface area contributed by atoms with E-state index >= 15 is 0 Å². The molecule has 1 heterocycles. The first-order valence-corrected chi connectivity index (χ1v) is 8.59. The van der Waals surface area contributed by atoms with Crippen molar-refractivity contribution in [2.24, 2.45) is 5.10 Å². The number of aromatic hydroxyl groups is 1. The molecule has 2 unspecified atom stereocenters. The Morgan fingerprint density at radius 1 is 1.28 bits per heavy atom. The second-order valence-corrected chi connectivity index (χ2v) is 6.73. The molecular formula is C21H25N3O. The van der Waals surface area contributed by atoms with Crippen LogP contribution in [0.25, 0.3) is 0 Å². The smallest absolute Gasteiger partial charge is 0.117 e. The number of hydrazine groups is 1. The number of hydrogen-bond donors (Lipinski definition) is 2. The second-order valence-electron chi connectivity index (χ2n) is 6.73. The van der Waals surface area contributed by atoms with E-state index in [4.69, 9.17) is 0 Å². The van der Waals surface area contributed by atoms with Crippen molar-refractivity contribution in [3.8, 4) is 5.75 Å². The lowest BCUT2D eigenvalue weighted by molar-refractivity contribution is 0.474. The molecule has 2 aromatic carbocycles. The largest absolute Gasteiger partial charge is 0.508 e. The number of hydrazone groups is 1. The van der Waals surface area contributed by atoms with Gasteiger partial charge in [-0.15, -0.1) is 0 Å². The van der Waals surface area contributed by atoms with Gasteiger partial charge in [-0.3, -0.25) is 0 Å². The Balaban J connectivity index is 1.96. The maximum absolute atomic E-state index is 9.97. The predicted octanol–water partition coefficient (Wildman–Crippen LogP) is 4.38. The van der Waals surface area contributed by atoms with Crippen molar-refractivity contribution in [2.45, 2.75) is 39.2 Å². The molecule has 0 spiro atoms. The first-order valence-electron chi connectivity index (χ1n) is 8.59. The highest BCUT2D eigenvalue weighted by atomic mass is 16.3. The average molecular weight is 335 g/mol. The topological polar surface area (TPSA) is 47.9 Å². The molecule has 25 heavy (non-hydrogen) atoms. The van der Waals surface area contributed by atoms with E-state index in [9.17, 15) is 5.11 Å². The molecular weight excluding hydrogens is 310 g/mol. The Labute approximate surface area is 149 Å². The highest BCUT2D eigenvalue weighted by molar-refractivity contribution is 5.89. The maximum atomic E-state index is 9.97. The summed E-state index contributed by atoms with van der Waals surface area (Å²) in [5.41, 5.74) is 8.71. The summed E-state index contributed by atoms with van der Waals surface area (Å²) < 4.78 is 0. The van der Waals surface area contributed by atoms with Crippen LogP contribution < -0.4 is 10.5 Å². The Bertz CT molecular complexity index is 798. The number of benzene rings is 2. The molecule has 0 aromatic heterocycles. The first kappa shape index (κ1) is 17.2. The lowest BCUT2D eigenvalue weighted by Crippen LogP contribution is -2.36. The third kappa shape index (κ3) is 3.74. The van der Waals surface area contributed by atoms with Crippen molar-refractivity contribution in [1.29, 1.82) is 0 Å². The van der Waals surface area contributed by atoms with E-state index in [2.05, 4.69) is 55.2 Å². The predicted molar refractivity (Wildman–Crippen MR) is 104 cm³/mol. The van der Waals surface area contributed by atoms with E-state index in [1.165, 1.54) is 5.56 Å². The van der Waals surface area contributed by atoms with Gasteiger partial charge in [-0.2, -0.15) is 10.2 Å². The van der Waals surface area contributed by atoms with Gasteiger partial charge in [0.05, 0.1) is 17.4 Å². The summed E-state index contributed by atoms with van der Waals surface area (Å²) in [7, 11) is 0. The zero-order chi connectivity index (χ0) is 18.0. The number of nitrogens with zero attached hydrogens (tertiary/aromatic N) is 2. The molecule has 2 N–H and O–H groups in total. The van der Waals surface area contributed by atoms with Crippen molar-refractivity contribution >= 4 is 11.4 Å². The van der Waals surface area contributed by atoms with Gasteiger partial charge in [-0.25, -0.2) is 5.43 Å². The molecule has 3 rings (SSSR count). The van der Waals surface area contributed by atoms with E-state index in [1.807, 2.05) is 19.1 Å². The fraction of sp³-hybridized carbons (Fsp3) is 0.286. The average Bonchev–Trinajstić information content (AvgIpc) is 2.93. The van der Waals surface area contributed by atoms with Gasteiger partial charge in [0.1, 0.15) is 5.75 Å². The van der Waals surface area contributed by atoms with Gasteiger partial charge in [0.15, 0.2) is 0 Å². The highest BCUT2D eigenvalue weighted by Crippen LogP contribution is 2.33. The first-order chi connectivity index (χ1) is 12.0. The van der Waals surface area contributed by atoms with E-state index in [0.717, 1.165) is 29.0 Å². The minimum Gasteiger partial charge on any atom is -0.508 e. The number of allylic oxidation sites excluding steroid dienone is 1. The minimum atomic E-state index is 0.182. The molecule has 0 fully saturated rings. The molecule has 0 aliphatic carbocycles. The molecule has 2 atom stereocenters. The summed E-state index contributed by atoms with van der Waals surface area (Å²) >= 11 is 0. The quantitative estimate of drug-likeness (QED) is 0.797. The molecule has 1 aliphatic rings. The molecule has 0 amide bonds. The number of rotatable bonds is 5. The van der Waals surface area contributed by atoms with Crippen LogP contribution in [0.5, 0.6) is 5.75 Å². The van der Waals surface area contributed by atoms with Crippen LogP contribution >= 0.6 is 0 Å². The van der Waals surface area contributed by atoms with Crippen molar-refractivity contribution < 1.29 is 5.11 Å². The highest BCUT2D eigenvalue weighted by Gasteiger charge is 2.23. The van der Waals surface area contributed by atoms with Crippen LogP contribution in [-0.2, 0) is 6.42 Å². The zero-order valence-electron chi connectivity index (χ0n) is 15.0. The van der Waals surface area contributed by atoms with Crippen molar-refractivity contribution in [3.05, 3.63) is 71.8 Å². The van der Waals surface area contributed by atoms with Crippen LogP contribution in [0.15, 0.2) is 65.8 Å². The Kier molecular flexibility index (Phi) is 4.91. The fourth-order valence-corrected chi connectivity index (χ4v) is 3.08. The van der Waals surface area contributed by atoms with Crippen LogP contribution in [0, 0.1) is 0 Å². The van der Waals surface area contributed by atoms with Gasteiger partial charge in [0, 0.05) is 12.0 Å². The molecule has 4 heteroatoms. The monoisotopic (exact) mass is 335 g/mol. The van der Waals surface area contributed by atoms with E-state index in [0.29, 0.717) is 0 Å². The zero-order valence-corrected chi connectivity index (χ0v) is 15.0. The Hall–Kier alpha value is -2.59. The second kappa shape index (κ2) is 7.11. The number of anilines is 1. The standard InChI is InChI=1S/C21H25N3O/c1-14(2)20(17-8-6-5-7-9-17)12-18-10-11-19(25)13-21(18)24-22-15(3)16(4)23-24/h5-11,13,15,20,22,25H,1,12H2,2-4H3. The van der Waals surface area contributed by atoms with Gasteiger partial charge in [0.25, 0.3) is 0 Å². The van der Waals surface area contributed by atoms with Gasteiger partial charge in [0.2, 0.25) is 0 Å². The van der Waals surface area contributed by atoms with Crippen LogP contribution in [0.2, 0.25) is 0 Å². The molecule has 4 nitrogen and oxygen atoms in total. The summed E-state index contributed by atoms with van der Waals surface area (Å²) in [5.74, 6) is 0.453. The third-order valence-corrected chi connectivity index (χ3v) is 4.72. The number of hydrogen-bond acceptors (Lipinski definition) is 4.